The number of amides is 1. The first-order valence-corrected chi connectivity index (χ1v) is 11.1. The summed E-state index contributed by atoms with van der Waals surface area (Å²) in [5.41, 5.74) is 4.22. The standard InChI is InChI=1S/C23H24FN3OS/c24-19-5-3-18-8-14-29-23(18)22(19)27-12-10-26(11-13-27)9-7-16-1-2-17-4-6-21(28)25-20(17)15-16/h1-3,5,8,14-15H,4,6-7,9-13H2,(H,25,28). The van der Waals surface area contributed by atoms with E-state index in [1.54, 1.807) is 17.4 Å². The summed E-state index contributed by atoms with van der Waals surface area (Å²) in [6.07, 6.45) is 2.37. The highest BCUT2D eigenvalue weighted by molar-refractivity contribution is 7.17. The lowest BCUT2D eigenvalue weighted by atomic mass is 9.99. The zero-order chi connectivity index (χ0) is 19.8. The number of carbonyl (C=O) groups excluding carboxylic acids is 1. The van der Waals surface area contributed by atoms with E-state index in [1.165, 1.54) is 11.1 Å². The number of piperazine rings is 1. The molecule has 2 aliphatic rings. The largest absolute Gasteiger partial charge is 0.365 e. The van der Waals surface area contributed by atoms with Crippen LogP contribution < -0.4 is 10.2 Å². The summed E-state index contributed by atoms with van der Waals surface area (Å²) in [7, 11) is 0. The van der Waals surface area contributed by atoms with E-state index < -0.39 is 0 Å². The van der Waals surface area contributed by atoms with Crippen molar-refractivity contribution in [2.75, 3.05) is 42.9 Å². The number of aryl methyl sites for hydroxylation is 1. The van der Waals surface area contributed by atoms with E-state index in [-0.39, 0.29) is 11.7 Å². The number of hydrogen-bond acceptors (Lipinski definition) is 4. The maximum atomic E-state index is 14.5. The summed E-state index contributed by atoms with van der Waals surface area (Å²) in [6, 6.07) is 12.0. The Morgan fingerprint density at radius 1 is 1.03 bits per heavy atom. The molecule has 1 N–H and O–H groups in total. The molecule has 1 aromatic heterocycles. The number of rotatable bonds is 4. The van der Waals surface area contributed by atoms with E-state index in [2.05, 4.69) is 39.4 Å². The van der Waals surface area contributed by atoms with Crippen LogP contribution in [0.25, 0.3) is 10.1 Å². The van der Waals surface area contributed by atoms with Crippen molar-refractivity contribution in [1.82, 2.24) is 4.90 Å². The number of hydrogen-bond donors (Lipinski definition) is 1. The van der Waals surface area contributed by atoms with Crippen molar-refractivity contribution in [3.63, 3.8) is 0 Å². The summed E-state index contributed by atoms with van der Waals surface area (Å²) in [6.45, 7) is 4.53. The van der Waals surface area contributed by atoms with E-state index >= 15 is 0 Å². The summed E-state index contributed by atoms with van der Waals surface area (Å²) in [5.74, 6) is -0.0109. The van der Waals surface area contributed by atoms with E-state index in [0.29, 0.717) is 6.42 Å². The number of anilines is 2. The Labute approximate surface area is 173 Å². The lowest BCUT2D eigenvalue weighted by Gasteiger charge is -2.36. The fourth-order valence-electron chi connectivity index (χ4n) is 4.34. The van der Waals surface area contributed by atoms with E-state index in [0.717, 1.165) is 67.0 Å². The van der Waals surface area contributed by atoms with E-state index in [4.69, 9.17) is 0 Å². The third-order valence-electron chi connectivity index (χ3n) is 6.02. The fraction of sp³-hybridized carbons (Fsp3) is 0.348. The molecule has 0 saturated carbocycles. The van der Waals surface area contributed by atoms with Crippen molar-refractivity contribution in [1.29, 1.82) is 0 Å². The number of benzene rings is 2. The highest BCUT2D eigenvalue weighted by Crippen LogP contribution is 2.34. The zero-order valence-corrected chi connectivity index (χ0v) is 17.1. The maximum absolute atomic E-state index is 14.5. The second kappa shape index (κ2) is 7.76. The number of carbonyl (C=O) groups is 1. The number of thiophene rings is 1. The predicted molar refractivity (Wildman–Crippen MR) is 118 cm³/mol. The van der Waals surface area contributed by atoms with Crippen molar-refractivity contribution < 1.29 is 9.18 Å². The first kappa shape index (κ1) is 18.6. The summed E-state index contributed by atoms with van der Waals surface area (Å²) in [5, 5.41) is 6.14. The summed E-state index contributed by atoms with van der Waals surface area (Å²) >= 11 is 1.62. The molecular formula is C23H24FN3OS. The molecule has 1 fully saturated rings. The van der Waals surface area contributed by atoms with Crippen LogP contribution in [0.2, 0.25) is 0 Å². The smallest absolute Gasteiger partial charge is 0.224 e. The van der Waals surface area contributed by atoms with Crippen LogP contribution in [0.5, 0.6) is 0 Å². The topological polar surface area (TPSA) is 35.6 Å². The van der Waals surface area contributed by atoms with Gasteiger partial charge in [-0.2, -0.15) is 0 Å². The Morgan fingerprint density at radius 2 is 1.90 bits per heavy atom. The lowest BCUT2D eigenvalue weighted by Crippen LogP contribution is -2.47. The molecule has 5 rings (SSSR count). The van der Waals surface area contributed by atoms with E-state index in [9.17, 15) is 9.18 Å². The third kappa shape index (κ3) is 3.74. The number of halogens is 1. The van der Waals surface area contributed by atoms with Gasteiger partial charge in [0.1, 0.15) is 5.82 Å². The van der Waals surface area contributed by atoms with Crippen LogP contribution in [0.1, 0.15) is 17.5 Å². The molecule has 1 saturated heterocycles. The first-order chi connectivity index (χ1) is 14.2. The van der Waals surface area contributed by atoms with Gasteiger partial charge in [0, 0.05) is 44.8 Å². The Morgan fingerprint density at radius 3 is 2.76 bits per heavy atom. The van der Waals surface area contributed by atoms with Crippen molar-refractivity contribution in [3.8, 4) is 0 Å². The molecule has 1 amide bonds. The SMILES string of the molecule is O=C1CCc2ccc(CCN3CCN(c4c(F)ccc5ccsc45)CC3)cc2N1. The molecule has 4 nitrogen and oxygen atoms in total. The van der Waals surface area contributed by atoms with Gasteiger partial charge in [-0.25, -0.2) is 4.39 Å². The molecule has 3 aromatic rings. The van der Waals surface area contributed by atoms with Gasteiger partial charge in [0.25, 0.3) is 0 Å². The monoisotopic (exact) mass is 409 g/mol. The molecule has 6 heteroatoms. The minimum atomic E-state index is -0.121. The second-order valence-corrected chi connectivity index (χ2v) is 8.77. The minimum absolute atomic E-state index is 0.110. The van der Waals surface area contributed by atoms with Crippen molar-refractivity contribution in [2.45, 2.75) is 19.3 Å². The van der Waals surface area contributed by atoms with Gasteiger partial charge in [-0.05, 0) is 52.9 Å². The van der Waals surface area contributed by atoms with Crippen molar-refractivity contribution in [2.24, 2.45) is 0 Å². The Balaban J connectivity index is 1.21. The van der Waals surface area contributed by atoms with Gasteiger partial charge in [0.15, 0.2) is 0 Å². The molecule has 0 aliphatic carbocycles. The Bertz CT molecular complexity index is 1060. The average Bonchev–Trinajstić information content (AvgIpc) is 3.21. The van der Waals surface area contributed by atoms with Crippen LogP contribution in [0.4, 0.5) is 15.8 Å². The highest BCUT2D eigenvalue weighted by Gasteiger charge is 2.22. The molecule has 2 aromatic carbocycles. The molecule has 150 valence electrons. The fourth-order valence-corrected chi connectivity index (χ4v) is 5.31. The third-order valence-corrected chi connectivity index (χ3v) is 6.96. The molecular weight excluding hydrogens is 385 g/mol. The van der Waals surface area contributed by atoms with Gasteiger partial charge >= 0.3 is 0 Å². The maximum Gasteiger partial charge on any atom is 0.224 e. The number of fused-ring (bicyclic) bond motifs is 2. The molecule has 0 radical (unpaired) electrons. The van der Waals surface area contributed by atoms with Gasteiger partial charge in [-0.15, -0.1) is 11.3 Å². The molecule has 2 aliphatic heterocycles. The van der Waals surface area contributed by atoms with Crippen LogP contribution in [-0.4, -0.2) is 43.5 Å². The van der Waals surface area contributed by atoms with Crippen molar-refractivity contribution in [3.05, 3.63) is 58.7 Å². The minimum Gasteiger partial charge on any atom is -0.365 e. The van der Waals surface area contributed by atoms with Gasteiger partial charge < -0.3 is 10.2 Å². The second-order valence-electron chi connectivity index (χ2n) is 7.85. The predicted octanol–water partition coefficient (Wildman–Crippen LogP) is 4.29. The highest BCUT2D eigenvalue weighted by atomic mass is 32.1. The normalized spacial score (nSPS) is 17.4. The van der Waals surface area contributed by atoms with Crippen LogP contribution in [0.15, 0.2) is 41.8 Å². The molecule has 3 heterocycles. The van der Waals surface area contributed by atoms with Gasteiger partial charge in [0.05, 0.1) is 10.4 Å². The molecule has 29 heavy (non-hydrogen) atoms. The van der Waals surface area contributed by atoms with Gasteiger partial charge in [-0.3, -0.25) is 9.69 Å². The quantitative estimate of drug-likeness (QED) is 0.698. The van der Waals surface area contributed by atoms with Gasteiger partial charge in [-0.1, -0.05) is 18.2 Å². The molecule has 0 bridgehead atoms. The Hall–Kier alpha value is -2.44. The first-order valence-electron chi connectivity index (χ1n) is 10.2. The van der Waals surface area contributed by atoms with Crippen LogP contribution in [-0.2, 0) is 17.6 Å². The van der Waals surface area contributed by atoms with Crippen LogP contribution in [0.3, 0.4) is 0 Å². The van der Waals surface area contributed by atoms with Crippen LogP contribution in [0, 0.1) is 5.82 Å². The lowest BCUT2D eigenvalue weighted by molar-refractivity contribution is -0.116. The zero-order valence-electron chi connectivity index (χ0n) is 16.3. The number of nitrogens with zero attached hydrogens (tertiary/aromatic N) is 2. The molecule has 0 atom stereocenters. The van der Waals surface area contributed by atoms with Gasteiger partial charge in [0.2, 0.25) is 5.91 Å². The average molecular weight is 410 g/mol. The van der Waals surface area contributed by atoms with E-state index in [1.807, 2.05) is 11.4 Å². The summed E-state index contributed by atoms with van der Waals surface area (Å²) < 4.78 is 15.6. The van der Waals surface area contributed by atoms with Crippen molar-refractivity contribution >= 4 is 38.7 Å². The van der Waals surface area contributed by atoms with Crippen LogP contribution >= 0.6 is 11.3 Å². The number of nitrogens with one attached hydrogen (secondary N) is 1. The molecule has 0 spiro atoms. The molecule has 0 unspecified atom stereocenters. The Kier molecular flexibility index (Phi) is 4.97. The summed E-state index contributed by atoms with van der Waals surface area (Å²) in [4.78, 5) is 16.3.